The van der Waals surface area contributed by atoms with Crippen molar-refractivity contribution < 1.29 is 26.7 Å². The summed E-state index contributed by atoms with van der Waals surface area (Å²) in [6.07, 6.45) is -2.67. The lowest BCUT2D eigenvalue weighted by Gasteiger charge is -2.40. The highest BCUT2D eigenvalue weighted by Gasteiger charge is 2.47. The van der Waals surface area contributed by atoms with Crippen molar-refractivity contribution in [3.63, 3.8) is 0 Å². The minimum absolute atomic E-state index is 0.0223. The number of pyridine rings is 1. The van der Waals surface area contributed by atoms with E-state index in [0.29, 0.717) is 30.8 Å². The van der Waals surface area contributed by atoms with Crippen LogP contribution in [0.25, 0.3) is 11.2 Å². The molecule has 2 aliphatic rings. The minimum atomic E-state index is -4.60. The summed E-state index contributed by atoms with van der Waals surface area (Å²) < 4.78 is 66.1. The maximum absolute atomic E-state index is 13.1. The molecule has 34 heavy (non-hydrogen) atoms. The number of carbonyl (C=O) groups is 1. The number of carbonyl (C=O) groups excluding carboxylic acids is 1. The molecule has 0 aromatic carbocycles. The molecule has 3 aromatic heterocycles. The molecule has 1 atom stereocenters. The van der Waals surface area contributed by atoms with Crippen LogP contribution in [-0.4, -0.2) is 56.7 Å². The third-order valence-electron chi connectivity index (χ3n) is 6.25. The summed E-state index contributed by atoms with van der Waals surface area (Å²) >= 11 is 0. The summed E-state index contributed by atoms with van der Waals surface area (Å²) in [6.45, 7) is 0.687. The molecule has 8 nitrogen and oxygen atoms in total. The number of hydrogen-bond acceptors (Lipinski definition) is 6. The molecule has 0 saturated carbocycles. The zero-order valence-electron chi connectivity index (χ0n) is 17.8. The molecule has 5 heterocycles. The van der Waals surface area contributed by atoms with E-state index in [0.717, 1.165) is 17.2 Å². The van der Waals surface area contributed by atoms with Crippen molar-refractivity contribution in [3.05, 3.63) is 36.3 Å². The lowest BCUT2D eigenvalue weighted by Crippen LogP contribution is -2.45. The number of fused-ring (bicyclic) bond motifs is 1. The second-order valence-corrected chi connectivity index (χ2v) is 8.72. The molecule has 2 fully saturated rings. The molecule has 0 aliphatic carbocycles. The summed E-state index contributed by atoms with van der Waals surface area (Å²) in [5, 5.41) is 3.93. The van der Waals surface area contributed by atoms with Crippen LogP contribution < -0.4 is 9.80 Å². The Bertz CT molecular complexity index is 1230. The van der Waals surface area contributed by atoms with Crippen molar-refractivity contribution in [2.75, 3.05) is 29.4 Å². The van der Waals surface area contributed by atoms with Gasteiger partial charge in [0.15, 0.2) is 5.65 Å². The Morgan fingerprint density at radius 3 is 2.68 bits per heavy atom. The quantitative estimate of drug-likeness (QED) is 0.531. The van der Waals surface area contributed by atoms with Gasteiger partial charge in [-0.25, -0.2) is 28.4 Å². The molecule has 0 radical (unpaired) electrons. The molecular formula is C21H20F5N7O. The zero-order chi connectivity index (χ0) is 24.1. The summed E-state index contributed by atoms with van der Waals surface area (Å²) in [7, 11) is 0. The largest absolute Gasteiger partial charge is 0.433 e. The van der Waals surface area contributed by atoms with Crippen LogP contribution in [0.15, 0.2) is 30.6 Å². The average Bonchev–Trinajstić information content (AvgIpc) is 3.33. The minimum Gasteiger partial charge on any atom is -0.355 e. The molecule has 5 rings (SSSR count). The molecule has 1 spiro atoms. The van der Waals surface area contributed by atoms with E-state index in [9.17, 15) is 26.7 Å². The lowest BCUT2D eigenvalue weighted by atomic mass is 9.79. The first-order chi connectivity index (χ1) is 16.1. The highest BCUT2D eigenvalue weighted by molar-refractivity contribution is 5.95. The van der Waals surface area contributed by atoms with Crippen LogP contribution in [0.3, 0.4) is 0 Å². The van der Waals surface area contributed by atoms with E-state index in [1.807, 2.05) is 4.90 Å². The number of alkyl halides is 5. The van der Waals surface area contributed by atoms with Gasteiger partial charge in [-0.1, -0.05) is 6.07 Å². The van der Waals surface area contributed by atoms with Gasteiger partial charge in [-0.2, -0.15) is 18.3 Å². The fraction of sp³-hybridized carbons (Fsp3) is 0.476. The number of rotatable bonds is 4. The third kappa shape index (κ3) is 4.14. The first kappa shape index (κ1) is 22.4. The first-order valence-electron chi connectivity index (χ1n) is 10.7. The number of halogens is 5. The standard InChI is InChI=1S/C21H20F5N7O/c22-15(23)10-33-19-13(8-28-33)27-9-17(30-19)31-6-2-5-20(11-31)7-18(34)32(12-20)16-4-1-3-14(29-16)21(24,25)26/h1,3-4,8-9,15H,2,5-7,10-12H2. The molecule has 0 bridgehead atoms. The van der Waals surface area contributed by atoms with E-state index in [2.05, 4.69) is 20.1 Å². The second kappa shape index (κ2) is 8.13. The number of piperidine rings is 1. The van der Waals surface area contributed by atoms with Crippen LogP contribution in [0.5, 0.6) is 0 Å². The van der Waals surface area contributed by atoms with Gasteiger partial charge in [0, 0.05) is 31.5 Å². The van der Waals surface area contributed by atoms with Crippen molar-refractivity contribution in [2.45, 2.75) is 38.4 Å². The number of nitrogens with zero attached hydrogens (tertiary/aromatic N) is 7. The second-order valence-electron chi connectivity index (χ2n) is 8.72. The van der Waals surface area contributed by atoms with E-state index in [1.54, 1.807) is 6.20 Å². The molecule has 3 aromatic rings. The predicted octanol–water partition coefficient (Wildman–Crippen LogP) is 3.53. The highest BCUT2D eigenvalue weighted by atomic mass is 19.4. The van der Waals surface area contributed by atoms with Crippen LogP contribution in [0.2, 0.25) is 0 Å². The Morgan fingerprint density at radius 1 is 1.09 bits per heavy atom. The maximum Gasteiger partial charge on any atom is 0.433 e. The number of hydrogen-bond donors (Lipinski definition) is 0. The van der Waals surface area contributed by atoms with Crippen LogP contribution in [-0.2, 0) is 17.5 Å². The summed E-state index contributed by atoms with van der Waals surface area (Å²) in [4.78, 5) is 28.5. The molecule has 2 aliphatic heterocycles. The lowest BCUT2D eigenvalue weighted by molar-refractivity contribution is -0.141. The Kier molecular flexibility index (Phi) is 5.36. The van der Waals surface area contributed by atoms with E-state index < -0.39 is 30.3 Å². The van der Waals surface area contributed by atoms with Gasteiger partial charge in [0.05, 0.1) is 12.4 Å². The Morgan fingerprint density at radius 2 is 1.91 bits per heavy atom. The Hall–Kier alpha value is -3.38. The average molecular weight is 481 g/mol. The van der Waals surface area contributed by atoms with Gasteiger partial charge < -0.3 is 4.90 Å². The number of amides is 1. The number of aromatic nitrogens is 5. The monoisotopic (exact) mass is 481 g/mol. The highest BCUT2D eigenvalue weighted by Crippen LogP contribution is 2.42. The number of anilines is 2. The van der Waals surface area contributed by atoms with Gasteiger partial charge in [0.2, 0.25) is 5.91 Å². The van der Waals surface area contributed by atoms with Crippen LogP contribution in [0, 0.1) is 5.41 Å². The molecular weight excluding hydrogens is 461 g/mol. The summed E-state index contributed by atoms with van der Waals surface area (Å²) in [5.41, 5.74) is -0.901. The van der Waals surface area contributed by atoms with Crippen LogP contribution in [0.1, 0.15) is 25.0 Å². The molecule has 2 saturated heterocycles. The Labute approximate surface area is 190 Å². The van der Waals surface area contributed by atoms with Crippen molar-refractivity contribution in [1.82, 2.24) is 24.7 Å². The van der Waals surface area contributed by atoms with Gasteiger partial charge in [-0.15, -0.1) is 0 Å². The normalized spacial score (nSPS) is 21.4. The summed E-state index contributed by atoms with van der Waals surface area (Å²) in [6, 6.07) is 3.51. The Balaban J connectivity index is 1.39. The molecule has 0 N–H and O–H groups in total. The summed E-state index contributed by atoms with van der Waals surface area (Å²) in [5.74, 6) is 0.168. The van der Waals surface area contributed by atoms with Crippen LogP contribution in [0.4, 0.5) is 33.6 Å². The van der Waals surface area contributed by atoms with Gasteiger partial charge in [0.25, 0.3) is 6.43 Å². The smallest absolute Gasteiger partial charge is 0.355 e. The molecule has 1 unspecified atom stereocenters. The molecule has 180 valence electrons. The maximum atomic E-state index is 13.1. The van der Waals surface area contributed by atoms with Gasteiger partial charge >= 0.3 is 6.18 Å². The first-order valence-corrected chi connectivity index (χ1v) is 10.7. The fourth-order valence-corrected chi connectivity index (χ4v) is 4.77. The molecule has 13 heteroatoms. The van der Waals surface area contributed by atoms with Gasteiger partial charge in [-0.3, -0.25) is 9.69 Å². The topological polar surface area (TPSA) is 80.0 Å². The molecule has 1 amide bonds. The van der Waals surface area contributed by atoms with Crippen LogP contribution >= 0.6 is 0 Å². The SMILES string of the molecule is O=C1CC2(CCCN(c3cnc4cnn(CC(F)F)c4n3)C2)CN1c1cccc(C(F)(F)F)n1. The van der Waals surface area contributed by atoms with E-state index in [4.69, 9.17) is 0 Å². The van der Waals surface area contributed by atoms with Crippen molar-refractivity contribution in [2.24, 2.45) is 5.41 Å². The zero-order valence-corrected chi connectivity index (χ0v) is 17.8. The van der Waals surface area contributed by atoms with Crippen molar-refractivity contribution >= 4 is 28.7 Å². The van der Waals surface area contributed by atoms with E-state index >= 15 is 0 Å². The fourth-order valence-electron chi connectivity index (χ4n) is 4.77. The van der Waals surface area contributed by atoms with Crippen molar-refractivity contribution in [3.8, 4) is 0 Å². The van der Waals surface area contributed by atoms with Gasteiger partial charge in [0.1, 0.15) is 29.4 Å². The predicted molar refractivity (Wildman–Crippen MR) is 111 cm³/mol. The van der Waals surface area contributed by atoms with Gasteiger partial charge in [-0.05, 0) is 25.0 Å². The van der Waals surface area contributed by atoms with E-state index in [1.165, 1.54) is 23.2 Å². The third-order valence-corrected chi connectivity index (χ3v) is 6.25. The van der Waals surface area contributed by atoms with Crippen molar-refractivity contribution in [1.29, 1.82) is 0 Å². The van der Waals surface area contributed by atoms with E-state index in [-0.39, 0.29) is 30.3 Å².